The molecule has 3 rings (SSSR count). The molecule has 0 radical (unpaired) electrons. The first-order valence-corrected chi connectivity index (χ1v) is 8.23. The van der Waals surface area contributed by atoms with Crippen molar-refractivity contribution in [3.05, 3.63) is 40.7 Å². The lowest BCUT2D eigenvalue weighted by Crippen LogP contribution is -2.41. The van der Waals surface area contributed by atoms with Crippen molar-refractivity contribution in [2.75, 3.05) is 18.6 Å². The number of hydrogen-bond donors (Lipinski definition) is 1. The summed E-state index contributed by atoms with van der Waals surface area (Å²) in [7, 11) is 1.30. The number of anilines is 1. The highest BCUT2D eigenvalue weighted by Gasteiger charge is 2.36. The minimum atomic E-state index is -0.626. The van der Waals surface area contributed by atoms with Crippen LogP contribution in [0.15, 0.2) is 28.2 Å². The first kappa shape index (κ1) is 16.3. The van der Waals surface area contributed by atoms with Crippen molar-refractivity contribution < 1.29 is 23.5 Å². The van der Waals surface area contributed by atoms with E-state index in [1.165, 1.54) is 29.6 Å². The fourth-order valence-electron chi connectivity index (χ4n) is 2.65. The Morgan fingerprint density at radius 2 is 2.17 bits per heavy atom. The number of carbonyl (C=O) groups excluding carboxylic acids is 3. The summed E-state index contributed by atoms with van der Waals surface area (Å²) in [5, 5.41) is 5.00. The lowest BCUT2D eigenvalue weighted by Gasteiger charge is -2.16. The van der Waals surface area contributed by atoms with Gasteiger partial charge in [-0.3, -0.25) is 9.59 Å². The van der Waals surface area contributed by atoms with E-state index in [0.717, 1.165) is 0 Å². The van der Waals surface area contributed by atoms with Crippen LogP contribution in [-0.4, -0.2) is 37.5 Å². The number of ether oxygens (including phenoxy) is 1. The quantitative estimate of drug-likeness (QED) is 0.854. The molecule has 2 aromatic heterocycles. The van der Waals surface area contributed by atoms with Crippen molar-refractivity contribution in [3.8, 4) is 0 Å². The number of thiophene rings is 1. The molecule has 1 unspecified atom stereocenters. The predicted molar refractivity (Wildman–Crippen MR) is 87.3 cm³/mol. The maximum Gasteiger partial charge on any atom is 0.340 e. The van der Waals surface area contributed by atoms with Gasteiger partial charge in [-0.25, -0.2) is 4.79 Å². The van der Waals surface area contributed by atoms with Crippen molar-refractivity contribution >= 4 is 34.1 Å². The molecule has 24 heavy (non-hydrogen) atoms. The van der Waals surface area contributed by atoms with Gasteiger partial charge in [0, 0.05) is 6.54 Å². The summed E-state index contributed by atoms with van der Waals surface area (Å²) >= 11 is 1.29. The highest BCUT2D eigenvalue weighted by molar-refractivity contribution is 7.14. The first-order valence-electron chi connectivity index (χ1n) is 7.35. The van der Waals surface area contributed by atoms with E-state index in [2.05, 4.69) is 5.32 Å². The van der Waals surface area contributed by atoms with E-state index in [9.17, 15) is 14.4 Å². The minimum Gasteiger partial charge on any atom is -0.469 e. The highest BCUT2D eigenvalue weighted by atomic mass is 32.1. The molecule has 1 fully saturated rings. The molecule has 1 aliphatic heterocycles. The Labute approximate surface area is 142 Å². The Bertz CT molecular complexity index is 794. The smallest absolute Gasteiger partial charge is 0.340 e. The maximum atomic E-state index is 12.6. The van der Waals surface area contributed by atoms with Gasteiger partial charge in [0.2, 0.25) is 5.91 Å². The van der Waals surface area contributed by atoms with Gasteiger partial charge in [0.1, 0.15) is 16.8 Å². The van der Waals surface area contributed by atoms with Gasteiger partial charge in [-0.1, -0.05) is 0 Å². The molecule has 0 aromatic carbocycles. The van der Waals surface area contributed by atoms with Gasteiger partial charge in [0.05, 0.1) is 24.5 Å². The summed E-state index contributed by atoms with van der Waals surface area (Å²) in [5.74, 6) is -0.570. The standard InChI is InChI=1S/C16H16N2O5S/c1-9-10(4-7-23-9)13(19)17-12-3-6-18(14(12)20)15-11(5-8-24-15)16(21)22-2/h4-5,7-8,12H,3,6H2,1-2H3,(H,17,19). The molecule has 1 N–H and O–H groups in total. The van der Waals surface area contributed by atoms with Crippen LogP contribution >= 0.6 is 11.3 Å². The van der Waals surface area contributed by atoms with Gasteiger partial charge < -0.3 is 19.4 Å². The fraction of sp³-hybridized carbons (Fsp3) is 0.312. The van der Waals surface area contributed by atoms with Crippen LogP contribution in [0.25, 0.3) is 0 Å². The van der Waals surface area contributed by atoms with Gasteiger partial charge in [0.25, 0.3) is 5.91 Å². The summed E-state index contributed by atoms with van der Waals surface area (Å²) in [6, 6.07) is 2.57. The molecule has 0 saturated carbocycles. The van der Waals surface area contributed by atoms with Crippen LogP contribution in [0.4, 0.5) is 5.00 Å². The Morgan fingerprint density at radius 1 is 1.38 bits per heavy atom. The summed E-state index contributed by atoms with van der Waals surface area (Å²) in [6.07, 6.45) is 1.90. The van der Waals surface area contributed by atoms with E-state index in [1.54, 1.807) is 24.4 Å². The maximum absolute atomic E-state index is 12.6. The van der Waals surface area contributed by atoms with Crippen LogP contribution in [0.3, 0.4) is 0 Å². The lowest BCUT2D eigenvalue weighted by atomic mass is 10.2. The van der Waals surface area contributed by atoms with Gasteiger partial charge in [-0.15, -0.1) is 11.3 Å². The number of rotatable bonds is 4. The van der Waals surface area contributed by atoms with Crippen LogP contribution in [0.1, 0.15) is 32.9 Å². The Morgan fingerprint density at radius 3 is 2.83 bits per heavy atom. The van der Waals surface area contributed by atoms with Crippen LogP contribution < -0.4 is 10.2 Å². The monoisotopic (exact) mass is 348 g/mol. The molecule has 0 aliphatic carbocycles. The predicted octanol–water partition coefficient (Wildman–Crippen LogP) is 1.97. The van der Waals surface area contributed by atoms with Gasteiger partial charge in [0.15, 0.2) is 0 Å². The zero-order chi connectivity index (χ0) is 17.3. The largest absolute Gasteiger partial charge is 0.469 e. The molecule has 3 heterocycles. The van der Waals surface area contributed by atoms with Crippen molar-refractivity contribution in [2.45, 2.75) is 19.4 Å². The number of nitrogens with zero attached hydrogens (tertiary/aromatic N) is 1. The van der Waals surface area contributed by atoms with Crippen LogP contribution in [0.5, 0.6) is 0 Å². The summed E-state index contributed by atoms with van der Waals surface area (Å²) in [5.41, 5.74) is 0.765. The number of nitrogens with one attached hydrogen (secondary N) is 1. The Hall–Kier alpha value is -2.61. The third kappa shape index (κ3) is 2.80. The van der Waals surface area contributed by atoms with E-state index < -0.39 is 12.0 Å². The number of methoxy groups -OCH3 is 1. The summed E-state index contributed by atoms with van der Waals surface area (Å²) in [4.78, 5) is 38.1. The second kappa shape index (κ2) is 6.48. The molecule has 1 atom stereocenters. The van der Waals surface area contributed by atoms with E-state index in [4.69, 9.17) is 9.15 Å². The minimum absolute atomic E-state index is 0.239. The SMILES string of the molecule is COC(=O)c1ccsc1N1CCC(NC(=O)c2ccoc2C)C1=O. The second-order valence-corrected chi connectivity index (χ2v) is 6.22. The molecule has 8 heteroatoms. The molecule has 1 saturated heterocycles. The number of furan rings is 1. The summed E-state index contributed by atoms with van der Waals surface area (Å²) < 4.78 is 9.84. The molecule has 126 valence electrons. The number of hydrogen-bond acceptors (Lipinski definition) is 6. The molecule has 2 aromatic rings. The zero-order valence-electron chi connectivity index (χ0n) is 13.2. The summed E-state index contributed by atoms with van der Waals surface area (Å²) in [6.45, 7) is 2.12. The van der Waals surface area contributed by atoms with E-state index >= 15 is 0 Å². The molecule has 7 nitrogen and oxygen atoms in total. The number of carbonyl (C=O) groups is 3. The van der Waals surface area contributed by atoms with Crippen molar-refractivity contribution in [3.63, 3.8) is 0 Å². The lowest BCUT2D eigenvalue weighted by molar-refractivity contribution is -0.118. The molecule has 0 spiro atoms. The van der Waals surface area contributed by atoms with Crippen LogP contribution in [0.2, 0.25) is 0 Å². The topological polar surface area (TPSA) is 88.8 Å². The van der Waals surface area contributed by atoms with E-state index in [1.807, 2.05) is 0 Å². The molecule has 0 bridgehead atoms. The normalized spacial score (nSPS) is 17.2. The Balaban J connectivity index is 1.74. The van der Waals surface area contributed by atoms with E-state index in [-0.39, 0.29) is 11.8 Å². The number of amides is 2. The van der Waals surface area contributed by atoms with Crippen molar-refractivity contribution in [1.29, 1.82) is 0 Å². The van der Waals surface area contributed by atoms with E-state index in [0.29, 0.717) is 34.9 Å². The third-order valence-electron chi connectivity index (χ3n) is 3.91. The third-order valence-corrected chi connectivity index (χ3v) is 4.85. The zero-order valence-corrected chi connectivity index (χ0v) is 14.0. The fourth-order valence-corrected chi connectivity index (χ4v) is 3.57. The molecular weight excluding hydrogens is 332 g/mol. The van der Waals surface area contributed by atoms with Gasteiger partial charge >= 0.3 is 5.97 Å². The van der Waals surface area contributed by atoms with Crippen molar-refractivity contribution in [1.82, 2.24) is 5.32 Å². The second-order valence-electron chi connectivity index (χ2n) is 5.33. The Kier molecular flexibility index (Phi) is 4.39. The average Bonchev–Trinajstić information content (AvgIpc) is 3.28. The molecular formula is C16H16N2O5S. The van der Waals surface area contributed by atoms with Crippen LogP contribution in [0, 0.1) is 6.92 Å². The molecule has 1 aliphatic rings. The first-order chi connectivity index (χ1) is 11.5. The van der Waals surface area contributed by atoms with Gasteiger partial charge in [-0.2, -0.15) is 0 Å². The van der Waals surface area contributed by atoms with Crippen LogP contribution in [-0.2, 0) is 9.53 Å². The van der Waals surface area contributed by atoms with Gasteiger partial charge in [-0.05, 0) is 30.9 Å². The number of esters is 1. The highest BCUT2D eigenvalue weighted by Crippen LogP contribution is 2.31. The average molecular weight is 348 g/mol. The number of aryl methyl sites for hydroxylation is 1. The molecule has 2 amide bonds. The van der Waals surface area contributed by atoms with Crippen molar-refractivity contribution in [2.24, 2.45) is 0 Å².